The van der Waals surface area contributed by atoms with E-state index in [1.165, 1.54) is 0 Å². The Kier molecular flexibility index (Phi) is 3.04. The number of carbonyl (C=O) groups excluding carboxylic acids is 1. The lowest BCUT2D eigenvalue weighted by atomic mass is 9.76. The summed E-state index contributed by atoms with van der Waals surface area (Å²) >= 11 is 0. The van der Waals surface area contributed by atoms with E-state index in [0.29, 0.717) is 0 Å². The van der Waals surface area contributed by atoms with Gasteiger partial charge in [0.05, 0.1) is 12.6 Å². The predicted octanol–water partition coefficient (Wildman–Crippen LogP) is 1.42. The maximum Gasteiger partial charge on any atom is 0.405 e. The van der Waals surface area contributed by atoms with Crippen LogP contribution in [0.4, 0.5) is 13.6 Å². The second kappa shape index (κ2) is 4.15. The Morgan fingerprint density at radius 2 is 2.06 bits per heavy atom. The van der Waals surface area contributed by atoms with Crippen LogP contribution in [0, 0.1) is 5.92 Å². The quantitative estimate of drug-likeness (QED) is 0.735. The maximum absolute atomic E-state index is 12.7. The van der Waals surface area contributed by atoms with Crippen molar-refractivity contribution >= 4 is 11.9 Å². The van der Waals surface area contributed by atoms with Crippen LogP contribution in [0.15, 0.2) is 0 Å². The maximum atomic E-state index is 12.7. The van der Waals surface area contributed by atoms with E-state index in [-0.39, 0.29) is 37.6 Å². The topological polar surface area (TPSA) is 78.9 Å². The molecule has 1 saturated heterocycles. The van der Waals surface area contributed by atoms with Crippen LogP contribution >= 0.6 is 0 Å². The minimum Gasteiger partial charge on any atom is -0.465 e. The lowest BCUT2D eigenvalue weighted by Gasteiger charge is -2.36. The predicted molar refractivity (Wildman–Crippen MR) is 56.6 cm³/mol. The van der Waals surface area contributed by atoms with Gasteiger partial charge in [0.15, 0.2) is 5.78 Å². The number of nitrogens with one attached hydrogen (secondary N) is 1. The molecule has 0 aromatic rings. The molecule has 0 aromatic carbocycles. The summed E-state index contributed by atoms with van der Waals surface area (Å²) in [5.41, 5.74) is -0.945. The molecule has 0 radical (unpaired) electrons. The standard InChI is InChI=1S/C11H15F2NO4/c1-10(5-18-10)8(15)7(14-9(16)17)2-6-3-11(12,13)4-6/h6-7,14H,2-5H2,1H3,(H,16,17)/t7-,10+/m0/s1. The van der Waals surface area contributed by atoms with Gasteiger partial charge in [-0.1, -0.05) is 0 Å². The normalized spacial score (nSPS) is 31.3. The van der Waals surface area contributed by atoms with E-state index in [1.807, 2.05) is 0 Å². The molecule has 102 valence electrons. The molecule has 2 rings (SSSR count). The van der Waals surface area contributed by atoms with Crippen LogP contribution in [0.25, 0.3) is 0 Å². The van der Waals surface area contributed by atoms with Crippen molar-refractivity contribution in [1.82, 2.24) is 5.32 Å². The lowest BCUT2D eigenvalue weighted by molar-refractivity contribution is -0.131. The highest BCUT2D eigenvalue weighted by Gasteiger charge is 2.52. The Bertz CT molecular complexity index is 373. The van der Waals surface area contributed by atoms with Gasteiger partial charge in [-0.25, -0.2) is 13.6 Å². The van der Waals surface area contributed by atoms with Gasteiger partial charge in [-0.2, -0.15) is 0 Å². The first-order chi connectivity index (χ1) is 8.22. The Balaban J connectivity index is 1.93. The molecule has 1 heterocycles. The van der Waals surface area contributed by atoms with Gasteiger partial charge in [0.2, 0.25) is 5.92 Å². The molecule has 0 unspecified atom stereocenters. The molecule has 2 aliphatic rings. The monoisotopic (exact) mass is 263 g/mol. The number of halogens is 2. The summed E-state index contributed by atoms with van der Waals surface area (Å²) in [5, 5.41) is 10.8. The fourth-order valence-electron chi connectivity index (χ4n) is 2.28. The van der Waals surface area contributed by atoms with E-state index in [9.17, 15) is 18.4 Å². The number of epoxide rings is 1. The van der Waals surface area contributed by atoms with Gasteiger partial charge in [0, 0.05) is 12.8 Å². The van der Waals surface area contributed by atoms with Crippen LogP contribution in [0.1, 0.15) is 26.2 Å². The van der Waals surface area contributed by atoms with Crippen LogP contribution in [0.3, 0.4) is 0 Å². The molecule has 7 heteroatoms. The molecule has 2 fully saturated rings. The summed E-state index contributed by atoms with van der Waals surface area (Å²) in [7, 11) is 0. The van der Waals surface area contributed by atoms with Gasteiger partial charge in [-0.15, -0.1) is 0 Å². The van der Waals surface area contributed by atoms with Crippen molar-refractivity contribution in [3.05, 3.63) is 0 Å². The fraction of sp³-hybridized carbons (Fsp3) is 0.818. The number of ketones is 1. The third-order valence-electron chi connectivity index (χ3n) is 3.46. The zero-order chi connectivity index (χ0) is 13.6. The molecule has 0 bridgehead atoms. The molecule has 1 amide bonds. The van der Waals surface area contributed by atoms with E-state index in [2.05, 4.69) is 5.32 Å². The average Bonchev–Trinajstić information content (AvgIpc) is 2.92. The van der Waals surface area contributed by atoms with Gasteiger partial charge in [0.25, 0.3) is 0 Å². The van der Waals surface area contributed by atoms with Crippen LogP contribution in [-0.2, 0) is 9.53 Å². The van der Waals surface area contributed by atoms with Crippen LogP contribution in [0.2, 0.25) is 0 Å². The van der Waals surface area contributed by atoms with Crippen molar-refractivity contribution in [2.75, 3.05) is 6.61 Å². The number of alkyl halides is 2. The van der Waals surface area contributed by atoms with Crippen molar-refractivity contribution < 1.29 is 28.2 Å². The first kappa shape index (κ1) is 13.2. The van der Waals surface area contributed by atoms with Crippen molar-refractivity contribution in [3.63, 3.8) is 0 Å². The van der Waals surface area contributed by atoms with E-state index < -0.39 is 23.7 Å². The minimum atomic E-state index is -2.67. The summed E-state index contributed by atoms with van der Waals surface area (Å²) in [6, 6.07) is -0.962. The fourth-order valence-corrected chi connectivity index (χ4v) is 2.28. The molecule has 0 spiro atoms. The molecule has 18 heavy (non-hydrogen) atoms. The Morgan fingerprint density at radius 3 is 2.44 bits per heavy atom. The van der Waals surface area contributed by atoms with Crippen LogP contribution in [-0.4, -0.2) is 41.2 Å². The largest absolute Gasteiger partial charge is 0.465 e. The number of hydrogen-bond donors (Lipinski definition) is 2. The van der Waals surface area contributed by atoms with E-state index >= 15 is 0 Å². The molecular formula is C11H15F2NO4. The smallest absolute Gasteiger partial charge is 0.405 e. The molecule has 1 aliphatic heterocycles. The molecule has 0 aromatic heterocycles. The lowest BCUT2D eigenvalue weighted by Crippen LogP contribution is -2.49. The van der Waals surface area contributed by atoms with Gasteiger partial charge in [-0.05, 0) is 19.3 Å². The van der Waals surface area contributed by atoms with Crippen molar-refractivity contribution in [3.8, 4) is 0 Å². The second-order valence-corrected chi connectivity index (χ2v) is 5.25. The second-order valence-electron chi connectivity index (χ2n) is 5.25. The first-order valence-electron chi connectivity index (χ1n) is 5.77. The minimum absolute atomic E-state index is 0.111. The zero-order valence-electron chi connectivity index (χ0n) is 9.91. The molecule has 2 atom stereocenters. The van der Waals surface area contributed by atoms with Crippen molar-refractivity contribution in [2.24, 2.45) is 5.92 Å². The number of carboxylic acid groups (broad SMARTS) is 1. The summed E-state index contributed by atoms with van der Waals surface area (Å²) < 4.78 is 30.4. The van der Waals surface area contributed by atoms with Gasteiger partial charge in [0.1, 0.15) is 5.60 Å². The summed E-state index contributed by atoms with van der Waals surface area (Å²) in [4.78, 5) is 22.6. The van der Waals surface area contributed by atoms with Crippen molar-refractivity contribution in [1.29, 1.82) is 0 Å². The molecule has 2 N–H and O–H groups in total. The summed E-state index contributed by atoms with van der Waals surface area (Å²) in [6.45, 7) is 1.83. The van der Waals surface area contributed by atoms with E-state index in [0.717, 1.165) is 0 Å². The highest BCUT2D eigenvalue weighted by Crippen LogP contribution is 2.45. The van der Waals surface area contributed by atoms with E-state index in [1.54, 1.807) is 6.92 Å². The van der Waals surface area contributed by atoms with Crippen LogP contribution in [0.5, 0.6) is 0 Å². The van der Waals surface area contributed by atoms with Gasteiger partial charge < -0.3 is 15.2 Å². The number of carbonyl (C=O) groups is 2. The summed E-state index contributed by atoms with van der Waals surface area (Å²) in [5.74, 6) is -3.36. The highest BCUT2D eigenvalue weighted by atomic mass is 19.3. The first-order valence-corrected chi connectivity index (χ1v) is 5.77. The number of ether oxygens (including phenoxy) is 1. The molecular weight excluding hydrogens is 248 g/mol. The summed E-state index contributed by atoms with van der Waals surface area (Å²) in [6.07, 6.45) is -1.78. The SMILES string of the molecule is C[C@]1(C(=O)[C@H](CC2CC(F)(F)C2)NC(=O)O)CO1. The van der Waals surface area contributed by atoms with Gasteiger partial charge in [-0.3, -0.25) is 4.79 Å². The Hall–Kier alpha value is -1.24. The third-order valence-corrected chi connectivity index (χ3v) is 3.46. The molecule has 5 nitrogen and oxygen atoms in total. The number of amides is 1. The number of rotatable bonds is 5. The molecule has 1 saturated carbocycles. The third kappa shape index (κ3) is 2.77. The highest BCUT2D eigenvalue weighted by molar-refractivity contribution is 5.95. The van der Waals surface area contributed by atoms with Gasteiger partial charge >= 0.3 is 6.09 Å². The number of Topliss-reactive ketones (excluding diaryl/α,β-unsaturated/α-hetero) is 1. The van der Waals surface area contributed by atoms with Crippen molar-refractivity contribution in [2.45, 2.75) is 43.8 Å². The molecule has 1 aliphatic carbocycles. The Morgan fingerprint density at radius 1 is 1.50 bits per heavy atom. The average molecular weight is 263 g/mol. The Labute approximate surface area is 102 Å². The zero-order valence-corrected chi connectivity index (χ0v) is 9.91. The van der Waals surface area contributed by atoms with Crippen LogP contribution < -0.4 is 5.32 Å². The van der Waals surface area contributed by atoms with E-state index in [4.69, 9.17) is 9.84 Å². The number of hydrogen-bond acceptors (Lipinski definition) is 3.